The Morgan fingerprint density at radius 1 is 0.816 bits per heavy atom. The van der Waals surface area contributed by atoms with E-state index in [0.717, 1.165) is 69.5 Å². The summed E-state index contributed by atoms with van der Waals surface area (Å²) in [7, 11) is 5.64. The number of rotatable bonds is 8. The van der Waals surface area contributed by atoms with Crippen molar-refractivity contribution in [3.8, 4) is 11.5 Å². The third-order valence-electron chi connectivity index (χ3n) is 6.38. The van der Waals surface area contributed by atoms with Gasteiger partial charge in [-0.3, -0.25) is 0 Å². The average molecular weight is 528 g/mol. The lowest BCUT2D eigenvalue weighted by Crippen LogP contribution is -2.48. The molecule has 0 aromatic heterocycles. The van der Waals surface area contributed by atoms with Crippen LogP contribution in [-0.2, 0) is 9.59 Å². The molecule has 0 saturated carbocycles. The molecule has 0 radical (unpaired) electrons. The summed E-state index contributed by atoms with van der Waals surface area (Å²) in [5.74, 6) is -0.671. The van der Waals surface area contributed by atoms with Crippen molar-refractivity contribution < 1.29 is 29.3 Å². The fraction of sp³-hybridized carbons (Fsp3) is 0.407. The second-order valence-electron chi connectivity index (χ2n) is 8.97. The van der Waals surface area contributed by atoms with E-state index in [-0.39, 0.29) is 0 Å². The molecule has 0 aliphatic carbocycles. The summed E-state index contributed by atoms with van der Waals surface area (Å²) in [5, 5.41) is 17.9. The van der Waals surface area contributed by atoms with Gasteiger partial charge in [0.2, 0.25) is 0 Å². The average Bonchev–Trinajstić information content (AvgIpc) is 2.93. The summed E-state index contributed by atoms with van der Waals surface area (Å²) in [6, 6.07) is 14.7. The van der Waals surface area contributed by atoms with Crippen molar-refractivity contribution in [1.29, 1.82) is 0 Å². The van der Waals surface area contributed by atoms with Gasteiger partial charge in [0.05, 0.1) is 25.6 Å². The van der Waals surface area contributed by atoms with Gasteiger partial charge in [-0.2, -0.15) is 0 Å². The van der Waals surface area contributed by atoms with E-state index in [0.29, 0.717) is 12.2 Å². The molecule has 11 nitrogen and oxygen atoms in total. The van der Waals surface area contributed by atoms with Gasteiger partial charge in [-0.25, -0.2) is 14.6 Å². The molecule has 0 atom stereocenters. The summed E-state index contributed by atoms with van der Waals surface area (Å²) in [6.07, 6.45) is 1.12. The molecule has 2 aromatic rings. The van der Waals surface area contributed by atoms with Gasteiger partial charge in [0.25, 0.3) is 0 Å². The normalized spacial score (nSPS) is 16.5. The van der Waals surface area contributed by atoms with Crippen LogP contribution in [0.1, 0.15) is 0 Å². The molecule has 2 aliphatic rings. The summed E-state index contributed by atoms with van der Waals surface area (Å²) < 4.78 is 11.0. The highest BCUT2D eigenvalue weighted by Crippen LogP contribution is 2.32. The highest BCUT2D eigenvalue weighted by atomic mass is 16.5. The molecule has 0 unspecified atom stereocenters. The van der Waals surface area contributed by atoms with Crippen molar-refractivity contribution in [2.45, 2.75) is 0 Å². The smallest absolute Gasteiger partial charge is 0.328 e. The second kappa shape index (κ2) is 14.1. The first kappa shape index (κ1) is 28.6. The van der Waals surface area contributed by atoms with Crippen molar-refractivity contribution in [2.24, 2.45) is 0 Å². The minimum Gasteiger partial charge on any atom is -0.497 e. The van der Waals surface area contributed by atoms with Crippen LogP contribution < -0.4 is 24.7 Å². The van der Waals surface area contributed by atoms with Crippen LogP contribution in [0.25, 0.3) is 0 Å². The standard InChI is InChI=1S/C23H33N5O2.C4H4O4/c1-25-9-11-27(12-10-25)22-17-19(7-8-23(22)30-3)24-28-15-13-26(14-16-28)20-5-4-6-21(18-20)29-2;5-3(6)1-2-4(7)8/h4-8,17-18,24H,9-16H2,1-3H3;1-2H,(H,5,6)(H,7,8)/b;2-1+. The molecule has 4 rings (SSSR count). The number of carbonyl (C=O) groups is 2. The van der Waals surface area contributed by atoms with Crippen LogP contribution in [0.3, 0.4) is 0 Å². The first-order valence-electron chi connectivity index (χ1n) is 12.4. The predicted molar refractivity (Wildman–Crippen MR) is 148 cm³/mol. The lowest BCUT2D eigenvalue weighted by atomic mass is 10.2. The number of hydrazine groups is 1. The lowest BCUT2D eigenvalue weighted by Gasteiger charge is -2.37. The Bertz CT molecular complexity index is 1080. The van der Waals surface area contributed by atoms with E-state index in [1.165, 1.54) is 11.4 Å². The van der Waals surface area contributed by atoms with Crippen LogP contribution in [0.2, 0.25) is 0 Å². The number of methoxy groups -OCH3 is 2. The van der Waals surface area contributed by atoms with E-state index in [4.69, 9.17) is 19.7 Å². The summed E-state index contributed by atoms with van der Waals surface area (Å²) >= 11 is 0. The third kappa shape index (κ3) is 8.56. The molecular weight excluding hydrogens is 490 g/mol. The Kier molecular flexibility index (Phi) is 10.6. The number of aliphatic carboxylic acids is 2. The van der Waals surface area contributed by atoms with Crippen molar-refractivity contribution in [2.75, 3.05) is 88.9 Å². The maximum atomic E-state index is 9.55. The molecule has 0 bridgehead atoms. The van der Waals surface area contributed by atoms with Gasteiger partial charge < -0.3 is 39.8 Å². The molecule has 0 spiro atoms. The first-order valence-corrected chi connectivity index (χ1v) is 12.4. The Labute approximate surface area is 223 Å². The number of nitrogens with one attached hydrogen (secondary N) is 1. The Hall–Kier alpha value is -3.96. The van der Waals surface area contributed by atoms with E-state index < -0.39 is 11.9 Å². The molecule has 38 heavy (non-hydrogen) atoms. The van der Waals surface area contributed by atoms with Gasteiger partial charge in [0, 0.05) is 76.3 Å². The SMILES string of the molecule is COc1cccc(N2CCN(Nc3ccc(OC)c(N4CCN(C)CC4)c3)CC2)c1.O=C(O)/C=C/C(=O)O. The molecular formula is C27H37N5O6. The maximum absolute atomic E-state index is 9.55. The van der Waals surface area contributed by atoms with Crippen molar-refractivity contribution in [1.82, 2.24) is 9.91 Å². The monoisotopic (exact) mass is 527 g/mol. The largest absolute Gasteiger partial charge is 0.497 e. The zero-order chi connectivity index (χ0) is 27.5. The highest BCUT2D eigenvalue weighted by molar-refractivity contribution is 5.89. The summed E-state index contributed by atoms with van der Waals surface area (Å²) in [4.78, 5) is 26.3. The lowest BCUT2D eigenvalue weighted by molar-refractivity contribution is -0.134. The molecule has 2 saturated heterocycles. The van der Waals surface area contributed by atoms with Gasteiger partial charge in [-0.15, -0.1) is 0 Å². The molecule has 2 aromatic carbocycles. The molecule has 2 heterocycles. The highest BCUT2D eigenvalue weighted by Gasteiger charge is 2.20. The second-order valence-corrected chi connectivity index (χ2v) is 8.97. The topological polar surface area (TPSA) is 118 Å². The number of ether oxygens (including phenoxy) is 2. The molecule has 2 fully saturated rings. The fourth-order valence-electron chi connectivity index (χ4n) is 4.26. The predicted octanol–water partition coefficient (Wildman–Crippen LogP) is 2.32. The minimum absolute atomic E-state index is 0.558. The van der Waals surface area contributed by atoms with E-state index in [2.05, 4.69) is 68.6 Å². The molecule has 2 aliphatic heterocycles. The number of nitrogens with zero attached hydrogens (tertiary/aromatic N) is 4. The van der Waals surface area contributed by atoms with Crippen LogP contribution in [0.15, 0.2) is 54.6 Å². The van der Waals surface area contributed by atoms with Crippen molar-refractivity contribution in [3.63, 3.8) is 0 Å². The number of hydrogen-bond donors (Lipinski definition) is 3. The number of carboxylic acids is 2. The van der Waals surface area contributed by atoms with Gasteiger partial charge in [0.1, 0.15) is 11.5 Å². The number of benzene rings is 2. The van der Waals surface area contributed by atoms with E-state index in [1.54, 1.807) is 14.2 Å². The number of anilines is 3. The van der Waals surface area contributed by atoms with E-state index >= 15 is 0 Å². The van der Waals surface area contributed by atoms with Crippen LogP contribution in [0, 0.1) is 0 Å². The molecule has 206 valence electrons. The number of carboxylic acid groups (broad SMARTS) is 2. The van der Waals surface area contributed by atoms with E-state index in [9.17, 15) is 9.59 Å². The van der Waals surface area contributed by atoms with E-state index in [1.807, 2.05) is 6.07 Å². The Balaban J connectivity index is 0.000000436. The summed E-state index contributed by atoms with van der Waals surface area (Å²) in [6.45, 7) is 8.05. The number of likely N-dealkylation sites (N-methyl/N-ethyl adjacent to an activating group) is 1. The third-order valence-corrected chi connectivity index (χ3v) is 6.38. The van der Waals surface area contributed by atoms with Gasteiger partial charge in [0.15, 0.2) is 0 Å². The minimum atomic E-state index is -1.26. The van der Waals surface area contributed by atoms with Gasteiger partial charge in [-0.1, -0.05) is 6.07 Å². The Morgan fingerprint density at radius 2 is 1.45 bits per heavy atom. The van der Waals surface area contributed by atoms with Crippen molar-refractivity contribution >= 4 is 29.0 Å². The summed E-state index contributed by atoms with van der Waals surface area (Å²) in [5.41, 5.74) is 7.11. The zero-order valence-corrected chi connectivity index (χ0v) is 22.2. The maximum Gasteiger partial charge on any atom is 0.328 e. The number of piperazine rings is 2. The van der Waals surface area contributed by atoms with Crippen LogP contribution in [0.4, 0.5) is 17.1 Å². The van der Waals surface area contributed by atoms with Gasteiger partial charge in [-0.05, 0) is 37.4 Å². The van der Waals surface area contributed by atoms with Crippen LogP contribution >= 0.6 is 0 Å². The van der Waals surface area contributed by atoms with Crippen LogP contribution in [-0.4, -0.2) is 106 Å². The van der Waals surface area contributed by atoms with Crippen LogP contribution in [0.5, 0.6) is 11.5 Å². The van der Waals surface area contributed by atoms with Crippen molar-refractivity contribution in [3.05, 3.63) is 54.6 Å². The molecule has 11 heteroatoms. The van der Waals surface area contributed by atoms with Gasteiger partial charge >= 0.3 is 11.9 Å². The molecule has 0 amide bonds. The molecule has 3 N–H and O–H groups in total. The number of hydrogen-bond acceptors (Lipinski definition) is 9. The zero-order valence-electron chi connectivity index (χ0n) is 22.2. The first-order chi connectivity index (χ1) is 18.3. The fourth-order valence-corrected chi connectivity index (χ4v) is 4.26. The quantitative estimate of drug-likeness (QED) is 0.439. The Morgan fingerprint density at radius 3 is 2.03 bits per heavy atom.